The summed E-state index contributed by atoms with van der Waals surface area (Å²) in [5.74, 6) is 1.30. The van der Waals surface area contributed by atoms with Crippen LogP contribution in [-0.4, -0.2) is 29.6 Å². The van der Waals surface area contributed by atoms with Gasteiger partial charge in [0.2, 0.25) is 0 Å². The van der Waals surface area contributed by atoms with E-state index in [9.17, 15) is 0 Å². The Balaban J connectivity index is 2.65. The van der Waals surface area contributed by atoms with E-state index in [1.165, 1.54) is 5.59 Å². The summed E-state index contributed by atoms with van der Waals surface area (Å²) in [5, 5.41) is 8.02. The molecule has 5 heteroatoms. The Bertz CT molecular complexity index is 233. The van der Waals surface area contributed by atoms with Crippen molar-refractivity contribution in [2.24, 2.45) is 0 Å². The Morgan fingerprint density at radius 2 is 1.92 bits per heavy atom. The zero-order valence-electron chi connectivity index (χ0n) is 8.99. The van der Waals surface area contributed by atoms with E-state index in [2.05, 4.69) is 38.0 Å². The Morgan fingerprint density at radius 1 is 1.23 bits per heavy atom. The van der Waals surface area contributed by atoms with Crippen LogP contribution in [-0.2, 0) is 0 Å². The normalized spacial score (nSPS) is 10.9. The van der Waals surface area contributed by atoms with E-state index < -0.39 is 0 Å². The van der Waals surface area contributed by atoms with E-state index in [4.69, 9.17) is 0 Å². The number of rotatable bonds is 4. The molecule has 13 heavy (non-hydrogen) atoms. The van der Waals surface area contributed by atoms with Gasteiger partial charge in [-0.2, -0.15) is 0 Å². The van der Waals surface area contributed by atoms with Crippen LogP contribution in [0.3, 0.4) is 0 Å². The number of hydrogen-bond acceptors (Lipinski definition) is 2. The average Bonchev–Trinajstić information content (AvgIpc) is 2.34. The highest BCUT2D eigenvalue weighted by Gasteiger charge is 2.09. The summed E-state index contributed by atoms with van der Waals surface area (Å²) in [7, 11) is 2.04. The van der Waals surface area contributed by atoms with Gasteiger partial charge in [-0.15, -0.1) is 5.10 Å². The van der Waals surface area contributed by atoms with Crippen molar-refractivity contribution in [2.75, 3.05) is 0 Å². The molecule has 0 aliphatic heterocycles. The fraction of sp³-hybridized carbons (Fsp3) is 0.750. The van der Waals surface area contributed by atoms with Crippen LogP contribution in [0, 0.1) is 0 Å². The fourth-order valence-electron chi connectivity index (χ4n) is 1.35. The molecule has 0 atom stereocenters. The van der Waals surface area contributed by atoms with Crippen molar-refractivity contribution in [2.45, 2.75) is 39.3 Å². The Hall–Kier alpha value is -0.730. The van der Waals surface area contributed by atoms with Gasteiger partial charge < -0.3 is 4.59 Å². The summed E-state index contributed by atoms with van der Waals surface area (Å²) in [6.45, 7) is 8.82. The molecule has 0 saturated carbocycles. The number of nitrogens with zero attached hydrogens (tertiary/aromatic N) is 3. The quantitative estimate of drug-likeness (QED) is 0.614. The van der Waals surface area contributed by atoms with Crippen molar-refractivity contribution >= 4 is 20.3 Å². The zero-order chi connectivity index (χ0) is 9.84. The van der Waals surface area contributed by atoms with Gasteiger partial charge in [0.1, 0.15) is 0 Å². The summed E-state index contributed by atoms with van der Waals surface area (Å²) in [6.07, 6.45) is 1.88. The van der Waals surface area contributed by atoms with Crippen molar-refractivity contribution in [3.63, 3.8) is 0 Å². The lowest BCUT2D eigenvalue weighted by molar-refractivity contribution is 0.853. The van der Waals surface area contributed by atoms with Crippen LogP contribution < -0.4 is 5.59 Å². The lowest BCUT2D eigenvalue weighted by atomic mass is 9.62. The van der Waals surface area contributed by atoms with E-state index in [1.54, 1.807) is 0 Å². The minimum atomic E-state index is 0.632. The van der Waals surface area contributed by atoms with Gasteiger partial charge in [-0.05, 0) is 5.82 Å². The predicted molar refractivity (Wildman–Crippen MR) is 59.5 cm³/mol. The Morgan fingerprint density at radius 3 is 2.46 bits per heavy atom. The lowest BCUT2D eigenvalue weighted by Crippen LogP contribution is -2.30. The molecular formula is C8H17B2N3. The maximum Gasteiger partial charge on any atom is 0.270 e. The van der Waals surface area contributed by atoms with Crippen molar-refractivity contribution < 1.29 is 0 Å². The minimum absolute atomic E-state index is 0.632. The topological polar surface area (TPSA) is 30.7 Å². The molecule has 0 unspecified atom stereocenters. The molecule has 0 aliphatic rings. The monoisotopic (exact) mass is 177 g/mol. The molecule has 1 rings (SSSR count). The molecule has 1 aromatic heterocycles. The Kier molecular flexibility index (Phi) is 3.58. The van der Waals surface area contributed by atoms with Gasteiger partial charge in [-0.1, -0.05) is 38.7 Å². The second-order valence-corrected chi connectivity index (χ2v) is 4.40. The Labute approximate surface area is 81.4 Å². The van der Waals surface area contributed by atoms with Crippen LogP contribution >= 0.6 is 0 Å². The number of aromatic nitrogens is 3. The molecule has 0 fully saturated rings. The molecule has 70 valence electrons. The van der Waals surface area contributed by atoms with Gasteiger partial charge in [0.15, 0.2) is 7.28 Å². The third-order valence-corrected chi connectivity index (χ3v) is 1.85. The maximum absolute atomic E-state index is 4.08. The van der Waals surface area contributed by atoms with Crippen molar-refractivity contribution in [1.29, 1.82) is 0 Å². The SMILES string of the molecule is CC(C)Bc1cnnn1BC(C)C. The zero-order valence-corrected chi connectivity index (χ0v) is 8.99. The first-order chi connectivity index (χ1) is 6.09. The molecule has 0 aliphatic carbocycles. The summed E-state index contributed by atoms with van der Waals surface area (Å²) >= 11 is 0. The second kappa shape index (κ2) is 4.49. The van der Waals surface area contributed by atoms with E-state index in [0.29, 0.717) is 11.6 Å². The average molecular weight is 177 g/mol. The molecule has 0 amide bonds. The third-order valence-electron chi connectivity index (χ3n) is 1.85. The lowest BCUT2D eigenvalue weighted by Gasteiger charge is -2.07. The van der Waals surface area contributed by atoms with Crippen LogP contribution in [0.5, 0.6) is 0 Å². The molecule has 1 aromatic rings. The largest absolute Gasteiger partial charge is 0.308 e. The van der Waals surface area contributed by atoms with Gasteiger partial charge in [0, 0.05) is 5.59 Å². The van der Waals surface area contributed by atoms with Crippen LogP contribution in [0.4, 0.5) is 0 Å². The van der Waals surface area contributed by atoms with Gasteiger partial charge in [0.05, 0.1) is 6.20 Å². The maximum atomic E-state index is 4.08. The first kappa shape index (κ1) is 10.4. The molecule has 0 saturated heterocycles. The van der Waals surface area contributed by atoms with E-state index in [1.807, 2.05) is 10.8 Å². The van der Waals surface area contributed by atoms with E-state index >= 15 is 0 Å². The predicted octanol–water partition coefficient (Wildman–Crippen LogP) is 0.196. The van der Waals surface area contributed by atoms with Crippen molar-refractivity contribution in [1.82, 2.24) is 14.9 Å². The molecule has 0 radical (unpaired) electrons. The van der Waals surface area contributed by atoms with E-state index in [-0.39, 0.29) is 0 Å². The molecular weight excluding hydrogens is 160 g/mol. The van der Waals surface area contributed by atoms with Gasteiger partial charge in [-0.3, -0.25) is 0 Å². The highest BCUT2D eigenvalue weighted by atomic mass is 15.4. The molecule has 0 N–H and O–H groups in total. The summed E-state index contributed by atoms with van der Waals surface area (Å²) < 4.78 is 2.02. The highest BCUT2D eigenvalue weighted by Crippen LogP contribution is 1.99. The standard InChI is InChI=1S/C8H17B2N3/c1-6(2)9-8-5-11-12-13(8)10-7(3)4/h5-7,9-10H,1-4H3. The molecule has 0 aromatic carbocycles. The summed E-state index contributed by atoms with van der Waals surface area (Å²) in [6, 6.07) is 0. The van der Waals surface area contributed by atoms with Crippen LogP contribution in [0.25, 0.3) is 0 Å². The van der Waals surface area contributed by atoms with Crippen LogP contribution in [0.2, 0.25) is 11.6 Å². The molecule has 0 bridgehead atoms. The third kappa shape index (κ3) is 3.25. The van der Waals surface area contributed by atoms with Gasteiger partial charge in [0.25, 0.3) is 7.41 Å². The van der Waals surface area contributed by atoms with Crippen LogP contribution in [0.15, 0.2) is 6.20 Å². The first-order valence-corrected chi connectivity index (χ1v) is 4.97. The highest BCUT2D eigenvalue weighted by molar-refractivity contribution is 6.56. The fourth-order valence-corrected chi connectivity index (χ4v) is 1.35. The molecule has 0 spiro atoms. The summed E-state index contributed by atoms with van der Waals surface area (Å²) in [5.41, 5.74) is 1.25. The summed E-state index contributed by atoms with van der Waals surface area (Å²) in [4.78, 5) is 0. The van der Waals surface area contributed by atoms with Gasteiger partial charge in [-0.25, -0.2) is 0 Å². The minimum Gasteiger partial charge on any atom is -0.308 e. The van der Waals surface area contributed by atoms with Crippen molar-refractivity contribution in [3.8, 4) is 0 Å². The smallest absolute Gasteiger partial charge is 0.270 e. The van der Waals surface area contributed by atoms with E-state index in [0.717, 1.165) is 14.7 Å². The number of hydrogen-bond donors (Lipinski definition) is 0. The van der Waals surface area contributed by atoms with Crippen LogP contribution in [0.1, 0.15) is 27.7 Å². The molecule has 3 nitrogen and oxygen atoms in total. The second-order valence-electron chi connectivity index (χ2n) is 4.40. The van der Waals surface area contributed by atoms with Crippen molar-refractivity contribution in [3.05, 3.63) is 6.20 Å². The first-order valence-electron chi connectivity index (χ1n) is 4.97. The molecule has 1 heterocycles. The van der Waals surface area contributed by atoms with Gasteiger partial charge >= 0.3 is 0 Å².